The van der Waals surface area contributed by atoms with E-state index in [9.17, 15) is 18.7 Å². The minimum Gasteiger partial charge on any atom is -0.396 e. The molecule has 2 aromatic carbocycles. The van der Waals surface area contributed by atoms with Gasteiger partial charge in [-0.2, -0.15) is 0 Å². The molecule has 1 aliphatic heterocycles. The number of likely N-dealkylation sites (tertiary alicyclic amines) is 1. The zero-order valence-corrected chi connectivity index (χ0v) is 14.9. The molecule has 2 amide bonds. The molecule has 144 valence electrons. The number of urea groups is 1. The van der Waals surface area contributed by atoms with Crippen molar-refractivity contribution in [1.29, 1.82) is 0 Å². The number of hydrogen-bond acceptors (Lipinski definition) is 3. The summed E-state index contributed by atoms with van der Waals surface area (Å²) in [4.78, 5) is 14.4. The lowest BCUT2D eigenvalue weighted by Crippen LogP contribution is -2.52. The third-order valence-corrected chi connectivity index (χ3v) is 4.74. The third-order valence-electron chi connectivity index (χ3n) is 4.74. The Bertz CT molecular complexity index is 753. The number of nitrogens with zero attached hydrogens (tertiary/aromatic N) is 1. The van der Waals surface area contributed by atoms with Gasteiger partial charge in [0.2, 0.25) is 0 Å². The van der Waals surface area contributed by atoms with Gasteiger partial charge < -0.3 is 15.7 Å². The molecule has 0 saturated carbocycles. The van der Waals surface area contributed by atoms with Crippen molar-refractivity contribution in [3.8, 4) is 0 Å². The van der Waals surface area contributed by atoms with Crippen LogP contribution in [-0.2, 0) is 6.54 Å². The van der Waals surface area contributed by atoms with Crippen LogP contribution in [0.1, 0.15) is 12.0 Å². The first kappa shape index (κ1) is 19.3. The van der Waals surface area contributed by atoms with Crippen molar-refractivity contribution in [1.82, 2.24) is 10.2 Å². The molecule has 5 nitrogen and oxygen atoms in total. The lowest BCUT2D eigenvalue weighted by Gasteiger charge is -2.38. The van der Waals surface area contributed by atoms with Gasteiger partial charge in [-0.25, -0.2) is 13.6 Å². The molecule has 1 saturated heterocycles. The molecule has 1 heterocycles. The number of halogens is 2. The second-order valence-electron chi connectivity index (χ2n) is 6.82. The number of nitrogens with one attached hydrogen (secondary N) is 2. The summed E-state index contributed by atoms with van der Waals surface area (Å²) in [5.74, 6) is -1.63. The number of benzene rings is 2. The summed E-state index contributed by atoms with van der Waals surface area (Å²) >= 11 is 0. The molecule has 7 heteroatoms. The Balaban J connectivity index is 1.55. The van der Waals surface area contributed by atoms with Crippen LogP contribution in [0.25, 0.3) is 0 Å². The molecule has 3 rings (SSSR count). The molecule has 1 fully saturated rings. The molecule has 3 N–H and O–H groups in total. The maximum Gasteiger partial charge on any atom is 0.319 e. The first-order valence-corrected chi connectivity index (χ1v) is 8.94. The number of rotatable bonds is 5. The van der Waals surface area contributed by atoms with Crippen LogP contribution in [-0.4, -0.2) is 41.8 Å². The molecular weight excluding hydrogens is 352 g/mol. The smallest absolute Gasteiger partial charge is 0.319 e. The van der Waals surface area contributed by atoms with Crippen LogP contribution in [0.2, 0.25) is 0 Å². The summed E-state index contributed by atoms with van der Waals surface area (Å²) in [5, 5.41) is 15.0. The Hall–Kier alpha value is -2.51. The summed E-state index contributed by atoms with van der Waals surface area (Å²) in [6, 6.07) is 12.2. The molecule has 0 bridgehead atoms. The van der Waals surface area contributed by atoms with E-state index in [1.165, 1.54) is 5.56 Å². The summed E-state index contributed by atoms with van der Waals surface area (Å²) in [7, 11) is 0. The molecule has 0 spiro atoms. The highest BCUT2D eigenvalue weighted by Crippen LogP contribution is 2.20. The molecular formula is C20H23F2N3O2. The molecule has 27 heavy (non-hydrogen) atoms. The topological polar surface area (TPSA) is 64.6 Å². The highest BCUT2D eigenvalue weighted by atomic mass is 19.1. The number of aliphatic hydroxyl groups is 1. The average Bonchev–Trinajstić information content (AvgIpc) is 2.63. The average molecular weight is 375 g/mol. The SMILES string of the molecule is O=C(Nc1cc(F)cc(F)c1)NC1CCN(Cc2ccccc2)CC1CO. The predicted molar refractivity (Wildman–Crippen MR) is 99.2 cm³/mol. The number of anilines is 1. The van der Waals surface area contributed by atoms with Crippen LogP contribution < -0.4 is 10.6 Å². The molecule has 0 radical (unpaired) electrons. The Labute approximate surface area is 157 Å². The lowest BCUT2D eigenvalue weighted by molar-refractivity contribution is 0.0895. The van der Waals surface area contributed by atoms with Crippen LogP contribution in [0.3, 0.4) is 0 Å². The fraction of sp³-hybridized carbons (Fsp3) is 0.350. The third kappa shape index (κ3) is 5.48. The van der Waals surface area contributed by atoms with E-state index < -0.39 is 17.7 Å². The van der Waals surface area contributed by atoms with Crippen LogP contribution in [0.4, 0.5) is 19.3 Å². The monoisotopic (exact) mass is 375 g/mol. The maximum atomic E-state index is 13.2. The number of carbonyl (C=O) groups is 1. The van der Waals surface area contributed by atoms with Crippen LogP contribution in [0, 0.1) is 17.6 Å². The minimum absolute atomic E-state index is 0.0482. The fourth-order valence-electron chi connectivity index (χ4n) is 3.43. The molecule has 0 aliphatic carbocycles. The van der Waals surface area contributed by atoms with Crippen molar-refractivity contribution >= 4 is 11.7 Å². The van der Waals surface area contributed by atoms with Crippen molar-refractivity contribution in [2.24, 2.45) is 5.92 Å². The lowest BCUT2D eigenvalue weighted by atomic mass is 9.92. The van der Waals surface area contributed by atoms with Crippen molar-refractivity contribution in [2.45, 2.75) is 19.0 Å². The van der Waals surface area contributed by atoms with Crippen molar-refractivity contribution in [2.75, 3.05) is 25.0 Å². The van der Waals surface area contributed by atoms with E-state index in [1.54, 1.807) is 0 Å². The number of piperidine rings is 1. The van der Waals surface area contributed by atoms with Crippen molar-refractivity contribution < 1.29 is 18.7 Å². The summed E-state index contributed by atoms with van der Waals surface area (Å²) in [6.45, 7) is 2.18. The number of hydrogen-bond donors (Lipinski definition) is 3. The Morgan fingerprint density at radius 3 is 2.52 bits per heavy atom. The highest BCUT2D eigenvalue weighted by Gasteiger charge is 2.30. The molecule has 2 aromatic rings. The van der Waals surface area contributed by atoms with Gasteiger partial charge in [0.1, 0.15) is 11.6 Å². The normalized spacial score (nSPS) is 20.3. The van der Waals surface area contributed by atoms with Gasteiger partial charge in [-0.3, -0.25) is 4.90 Å². The molecule has 1 aliphatic rings. The second-order valence-corrected chi connectivity index (χ2v) is 6.82. The molecule has 2 unspecified atom stereocenters. The predicted octanol–water partition coefficient (Wildman–Crippen LogP) is 2.97. The summed E-state index contributed by atoms with van der Waals surface area (Å²) in [5.41, 5.74) is 1.25. The van der Waals surface area contributed by atoms with Gasteiger partial charge in [-0.15, -0.1) is 0 Å². The summed E-state index contributed by atoms with van der Waals surface area (Å²) < 4.78 is 26.5. The Morgan fingerprint density at radius 2 is 1.85 bits per heavy atom. The standard InChI is InChI=1S/C20H23F2N3O2/c21-16-8-17(22)10-18(9-16)23-20(27)24-19-6-7-25(12-15(19)13-26)11-14-4-2-1-3-5-14/h1-5,8-10,15,19,26H,6-7,11-13H2,(H2,23,24,27). The largest absolute Gasteiger partial charge is 0.396 e. The zero-order chi connectivity index (χ0) is 19.2. The van der Waals surface area contributed by atoms with Gasteiger partial charge in [0.05, 0.1) is 0 Å². The quantitative estimate of drug-likeness (QED) is 0.753. The Morgan fingerprint density at radius 1 is 1.15 bits per heavy atom. The summed E-state index contributed by atoms with van der Waals surface area (Å²) in [6.07, 6.45) is 0.684. The van der Waals surface area contributed by atoms with E-state index in [0.717, 1.165) is 31.3 Å². The fourth-order valence-corrected chi connectivity index (χ4v) is 3.43. The highest BCUT2D eigenvalue weighted by molar-refractivity contribution is 5.89. The van der Waals surface area contributed by atoms with Gasteiger partial charge >= 0.3 is 6.03 Å². The molecule has 2 atom stereocenters. The van der Waals surface area contributed by atoms with E-state index in [4.69, 9.17) is 0 Å². The van der Waals surface area contributed by atoms with Gasteiger partial charge in [0, 0.05) is 50.0 Å². The maximum absolute atomic E-state index is 13.2. The number of amides is 2. The van der Waals surface area contributed by atoms with E-state index in [1.807, 2.05) is 18.2 Å². The van der Waals surface area contributed by atoms with Crippen molar-refractivity contribution in [3.63, 3.8) is 0 Å². The first-order chi connectivity index (χ1) is 13.0. The number of aliphatic hydroxyl groups excluding tert-OH is 1. The van der Waals surface area contributed by atoms with E-state index in [-0.39, 0.29) is 24.3 Å². The second kappa shape index (κ2) is 8.92. The van der Waals surface area contributed by atoms with Gasteiger partial charge in [0.25, 0.3) is 0 Å². The molecule has 0 aromatic heterocycles. The van der Waals surface area contributed by atoms with Crippen molar-refractivity contribution in [3.05, 3.63) is 65.7 Å². The van der Waals surface area contributed by atoms with E-state index in [0.29, 0.717) is 13.0 Å². The van der Waals surface area contributed by atoms with E-state index >= 15 is 0 Å². The Kier molecular flexibility index (Phi) is 6.36. The van der Waals surface area contributed by atoms with Gasteiger partial charge in [-0.1, -0.05) is 30.3 Å². The van der Waals surface area contributed by atoms with Gasteiger partial charge in [-0.05, 0) is 24.1 Å². The van der Waals surface area contributed by atoms with Gasteiger partial charge in [0.15, 0.2) is 0 Å². The first-order valence-electron chi connectivity index (χ1n) is 8.94. The van der Waals surface area contributed by atoms with Crippen LogP contribution in [0.5, 0.6) is 0 Å². The van der Waals surface area contributed by atoms with Crippen LogP contribution >= 0.6 is 0 Å². The van der Waals surface area contributed by atoms with E-state index in [2.05, 4.69) is 27.7 Å². The zero-order valence-electron chi connectivity index (χ0n) is 14.9. The minimum atomic E-state index is -0.757. The number of carbonyl (C=O) groups excluding carboxylic acids is 1. The van der Waals surface area contributed by atoms with Crippen LogP contribution in [0.15, 0.2) is 48.5 Å².